The number of nitrogens with one attached hydrogen (secondary N) is 2. The highest BCUT2D eigenvalue weighted by Crippen LogP contribution is 2.20. The quantitative estimate of drug-likeness (QED) is 0.870. The van der Waals surface area contributed by atoms with E-state index in [0.29, 0.717) is 17.1 Å². The molecule has 0 bridgehead atoms. The number of methoxy groups -OCH3 is 1. The van der Waals surface area contributed by atoms with Crippen molar-refractivity contribution in [3.8, 4) is 5.75 Å². The maximum Gasteiger partial charge on any atom is 0.271 e. The van der Waals surface area contributed by atoms with Crippen molar-refractivity contribution >= 4 is 17.5 Å². The Labute approximate surface area is 134 Å². The van der Waals surface area contributed by atoms with E-state index in [1.54, 1.807) is 33.2 Å². The molecule has 2 rings (SSSR count). The SMILES string of the molecule is CNC(=O)c1c(NC(=O)Cc2ccc(OC)cc2)c(C)nn1C. The number of anilines is 1. The molecule has 0 saturated heterocycles. The summed E-state index contributed by atoms with van der Waals surface area (Å²) in [5, 5.41) is 9.51. The molecule has 0 aliphatic carbocycles. The summed E-state index contributed by atoms with van der Waals surface area (Å²) in [6.45, 7) is 1.75. The second-order valence-corrected chi connectivity index (χ2v) is 5.08. The fourth-order valence-corrected chi connectivity index (χ4v) is 2.30. The molecule has 0 saturated carbocycles. The van der Waals surface area contributed by atoms with Crippen molar-refractivity contribution in [2.75, 3.05) is 19.5 Å². The molecule has 0 atom stereocenters. The number of ether oxygens (including phenoxy) is 1. The number of benzene rings is 1. The molecular formula is C16H20N4O3. The van der Waals surface area contributed by atoms with Gasteiger partial charge >= 0.3 is 0 Å². The number of hydrogen-bond donors (Lipinski definition) is 2. The van der Waals surface area contributed by atoms with Crippen LogP contribution >= 0.6 is 0 Å². The van der Waals surface area contributed by atoms with Crippen LogP contribution in [0.3, 0.4) is 0 Å². The third-order valence-electron chi connectivity index (χ3n) is 3.45. The molecule has 2 amide bonds. The first-order valence-electron chi connectivity index (χ1n) is 7.14. The second-order valence-electron chi connectivity index (χ2n) is 5.08. The van der Waals surface area contributed by atoms with Gasteiger partial charge in [-0.2, -0.15) is 5.10 Å². The molecular weight excluding hydrogens is 296 g/mol. The fraction of sp³-hybridized carbons (Fsp3) is 0.312. The molecule has 7 nitrogen and oxygen atoms in total. The van der Waals surface area contributed by atoms with Crippen LogP contribution in [0.15, 0.2) is 24.3 Å². The zero-order valence-corrected chi connectivity index (χ0v) is 13.6. The van der Waals surface area contributed by atoms with E-state index in [4.69, 9.17) is 4.74 Å². The third-order valence-corrected chi connectivity index (χ3v) is 3.45. The maximum atomic E-state index is 12.2. The second kappa shape index (κ2) is 6.95. The van der Waals surface area contributed by atoms with E-state index in [1.165, 1.54) is 11.7 Å². The van der Waals surface area contributed by atoms with Gasteiger partial charge in [0, 0.05) is 14.1 Å². The number of carbonyl (C=O) groups excluding carboxylic acids is 2. The van der Waals surface area contributed by atoms with E-state index in [1.807, 2.05) is 12.1 Å². The molecule has 7 heteroatoms. The van der Waals surface area contributed by atoms with Crippen molar-refractivity contribution in [1.29, 1.82) is 0 Å². The van der Waals surface area contributed by atoms with Crippen molar-refractivity contribution in [2.24, 2.45) is 7.05 Å². The molecule has 1 heterocycles. The summed E-state index contributed by atoms with van der Waals surface area (Å²) in [5.41, 5.74) is 2.21. The summed E-state index contributed by atoms with van der Waals surface area (Å²) >= 11 is 0. The van der Waals surface area contributed by atoms with Gasteiger partial charge in [-0.3, -0.25) is 14.3 Å². The van der Waals surface area contributed by atoms with Crippen LogP contribution in [0.2, 0.25) is 0 Å². The first-order chi connectivity index (χ1) is 11.0. The fourth-order valence-electron chi connectivity index (χ4n) is 2.30. The summed E-state index contributed by atoms with van der Waals surface area (Å²) in [4.78, 5) is 24.2. The minimum Gasteiger partial charge on any atom is -0.497 e. The largest absolute Gasteiger partial charge is 0.497 e. The topological polar surface area (TPSA) is 85.2 Å². The Bertz CT molecular complexity index is 720. The molecule has 23 heavy (non-hydrogen) atoms. The van der Waals surface area contributed by atoms with Crippen LogP contribution in [0.1, 0.15) is 21.7 Å². The average molecular weight is 316 g/mol. The Morgan fingerprint density at radius 1 is 1.26 bits per heavy atom. The van der Waals surface area contributed by atoms with Crippen LogP contribution in [0.4, 0.5) is 5.69 Å². The van der Waals surface area contributed by atoms with Crippen molar-refractivity contribution in [3.63, 3.8) is 0 Å². The van der Waals surface area contributed by atoms with Gasteiger partial charge in [-0.05, 0) is 24.6 Å². The lowest BCUT2D eigenvalue weighted by molar-refractivity contribution is -0.115. The van der Waals surface area contributed by atoms with Gasteiger partial charge in [0.25, 0.3) is 5.91 Å². The Morgan fingerprint density at radius 3 is 2.48 bits per heavy atom. The molecule has 0 aliphatic rings. The zero-order valence-electron chi connectivity index (χ0n) is 13.6. The van der Waals surface area contributed by atoms with Gasteiger partial charge < -0.3 is 15.4 Å². The van der Waals surface area contributed by atoms with Gasteiger partial charge in [0.1, 0.15) is 11.4 Å². The number of amides is 2. The average Bonchev–Trinajstić information content (AvgIpc) is 2.81. The van der Waals surface area contributed by atoms with Gasteiger partial charge in [0.05, 0.1) is 24.9 Å². The molecule has 0 radical (unpaired) electrons. The Morgan fingerprint density at radius 2 is 1.91 bits per heavy atom. The van der Waals surface area contributed by atoms with Gasteiger partial charge in [-0.1, -0.05) is 12.1 Å². The van der Waals surface area contributed by atoms with Crippen LogP contribution in [0.25, 0.3) is 0 Å². The molecule has 2 N–H and O–H groups in total. The predicted molar refractivity (Wildman–Crippen MR) is 86.7 cm³/mol. The molecule has 0 fully saturated rings. The summed E-state index contributed by atoms with van der Waals surface area (Å²) in [6, 6.07) is 7.25. The van der Waals surface area contributed by atoms with Crippen LogP contribution in [0, 0.1) is 6.92 Å². The number of nitrogens with zero attached hydrogens (tertiary/aromatic N) is 2. The molecule has 0 unspecified atom stereocenters. The molecule has 2 aromatic rings. The Kier molecular flexibility index (Phi) is 5.00. The van der Waals surface area contributed by atoms with E-state index in [2.05, 4.69) is 15.7 Å². The standard InChI is InChI=1S/C16H20N4O3/c1-10-14(15(16(22)17-2)20(3)19-10)18-13(21)9-11-5-7-12(23-4)8-6-11/h5-8H,9H2,1-4H3,(H,17,22)(H,18,21). The van der Waals surface area contributed by atoms with Crippen molar-refractivity contribution in [2.45, 2.75) is 13.3 Å². The van der Waals surface area contributed by atoms with E-state index < -0.39 is 0 Å². The molecule has 122 valence electrons. The number of aromatic nitrogens is 2. The van der Waals surface area contributed by atoms with Crippen molar-refractivity contribution in [3.05, 3.63) is 41.2 Å². The highest BCUT2D eigenvalue weighted by Gasteiger charge is 2.20. The summed E-state index contributed by atoms with van der Waals surface area (Å²) in [6.07, 6.45) is 0.200. The molecule has 0 aliphatic heterocycles. The molecule has 1 aromatic heterocycles. The third kappa shape index (κ3) is 3.68. The van der Waals surface area contributed by atoms with E-state index in [9.17, 15) is 9.59 Å². The monoisotopic (exact) mass is 316 g/mol. The summed E-state index contributed by atoms with van der Waals surface area (Å²) in [7, 11) is 4.79. The first-order valence-corrected chi connectivity index (χ1v) is 7.14. The maximum absolute atomic E-state index is 12.2. The lowest BCUT2D eigenvalue weighted by Gasteiger charge is -2.08. The lowest BCUT2D eigenvalue weighted by atomic mass is 10.1. The van der Waals surface area contributed by atoms with Gasteiger partial charge in [-0.15, -0.1) is 0 Å². The minimum atomic E-state index is -0.298. The van der Waals surface area contributed by atoms with E-state index in [-0.39, 0.29) is 18.2 Å². The van der Waals surface area contributed by atoms with Crippen LogP contribution < -0.4 is 15.4 Å². The highest BCUT2D eigenvalue weighted by molar-refractivity contribution is 6.03. The summed E-state index contributed by atoms with van der Waals surface area (Å²) < 4.78 is 6.54. The normalized spacial score (nSPS) is 10.3. The lowest BCUT2D eigenvalue weighted by Crippen LogP contribution is -2.24. The first kappa shape index (κ1) is 16.5. The minimum absolute atomic E-state index is 0.200. The van der Waals surface area contributed by atoms with Gasteiger partial charge in [-0.25, -0.2) is 0 Å². The number of hydrogen-bond acceptors (Lipinski definition) is 4. The van der Waals surface area contributed by atoms with Crippen molar-refractivity contribution in [1.82, 2.24) is 15.1 Å². The molecule has 1 aromatic carbocycles. The van der Waals surface area contributed by atoms with Crippen LogP contribution in [0.5, 0.6) is 5.75 Å². The zero-order chi connectivity index (χ0) is 17.0. The van der Waals surface area contributed by atoms with E-state index >= 15 is 0 Å². The highest BCUT2D eigenvalue weighted by atomic mass is 16.5. The molecule has 0 spiro atoms. The van der Waals surface area contributed by atoms with Crippen LogP contribution in [-0.2, 0) is 18.3 Å². The predicted octanol–water partition coefficient (Wildman–Crippen LogP) is 1.28. The van der Waals surface area contributed by atoms with Gasteiger partial charge in [0.15, 0.2) is 0 Å². The van der Waals surface area contributed by atoms with Gasteiger partial charge in [0.2, 0.25) is 5.91 Å². The van der Waals surface area contributed by atoms with E-state index in [0.717, 1.165) is 11.3 Å². The summed E-state index contributed by atoms with van der Waals surface area (Å²) in [5.74, 6) is 0.225. The smallest absolute Gasteiger partial charge is 0.271 e. The Hall–Kier alpha value is -2.83. The van der Waals surface area contributed by atoms with Crippen molar-refractivity contribution < 1.29 is 14.3 Å². The van der Waals surface area contributed by atoms with Crippen LogP contribution in [-0.4, -0.2) is 35.8 Å². The number of carbonyl (C=O) groups is 2. The Balaban J connectivity index is 2.15. The number of aryl methyl sites for hydroxylation is 2. The number of rotatable bonds is 5.